The fraction of sp³-hybridized carbons (Fsp3) is 0.429. The summed E-state index contributed by atoms with van der Waals surface area (Å²) in [6.07, 6.45) is 0. The lowest BCUT2D eigenvalue weighted by molar-refractivity contribution is -0.0107. The zero-order valence-electron chi connectivity index (χ0n) is 14.6. The second-order valence-electron chi connectivity index (χ2n) is 6.89. The van der Waals surface area contributed by atoms with Crippen LogP contribution >= 0.6 is 0 Å². The van der Waals surface area contributed by atoms with Crippen LogP contribution < -0.4 is 0 Å². The van der Waals surface area contributed by atoms with Crippen LogP contribution in [-0.4, -0.2) is 42.9 Å². The molecule has 0 radical (unpaired) electrons. The van der Waals surface area contributed by atoms with Gasteiger partial charge in [-0.05, 0) is 25.0 Å². The number of ether oxygens (including phenoxy) is 1. The predicted octanol–water partition coefficient (Wildman–Crippen LogP) is 3.32. The van der Waals surface area contributed by atoms with E-state index in [0.29, 0.717) is 0 Å². The molecule has 1 fully saturated rings. The predicted molar refractivity (Wildman–Crippen MR) is 97.2 cm³/mol. The van der Waals surface area contributed by atoms with Gasteiger partial charge in [0.15, 0.2) is 0 Å². The van der Waals surface area contributed by atoms with E-state index in [2.05, 4.69) is 36.1 Å². The van der Waals surface area contributed by atoms with Gasteiger partial charge in [-0.3, -0.25) is 4.90 Å². The van der Waals surface area contributed by atoms with Gasteiger partial charge in [0.05, 0.1) is 18.8 Å². The van der Waals surface area contributed by atoms with Gasteiger partial charge in [0.25, 0.3) is 0 Å². The van der Waals surface area contributed by atoms with Gasteiger partial charge in [-0.25, -0.2) is 0 Å². The summed E-state index contributed by atoms with van der Waals surface area (Å²) in [4.78, 5) is 2.39. The van der Waals surface area contributed by atoms with E-state index in [9.17, 15) is 5.11 Å². The van der Waals surface area contributed by atoms with Gasteiger partial charge < -0.3 is 9.84 Å². The molecule has 0 bridgehead atoms. The molecule has 0 aromatic heterocycles. The van der Waals surface area contributed by atoms with Crippen molar-refractivity contribution in [1.82, 2.24) is 4.90 Å². The number of nitrogens with zero attached hydrogens (tertiary/aromatic N) is 1. The lowest BCUT2D eigenvalue weighted by Gasteiger charge is -2.38. The molecular formula is C21H27NO2. The quantitative estimate of drug-likeness (QED) is 0.915. The maximum atomic E-state index is 11.5. The first-order chi connectivity index (χ1) is 11.6. The molecule has 0 aliphatic carbocycles. The van der Waals surface area contributed by atoms with E-state index < -0.39 is 5.60 Å². The Morgan fingerprint density at radius 2 is 1.67 bits per heavy atom. The summed E-state index contributed by atoms with van der Waals surface area (Å²) in [5, 5.41) is 11.5. The van der Waals surface area contributed by atoms with Crippen molar-refractivity contribution in [2.45, 2.75) is 25.4 Å². The Morgan fingerprint density at radius 1 is 1.04 bits per heavy atom. The normalized spacial score (nSPS) is 19.6. The third kappa shape index (κ3) is 3.86. The molecule has 0 saturated carbocycles. The standard InChI is InChI=1S/C21H27NO2/c1-17-8-10-19(11-9-17)21(2,23)20(18-6-4-3-5-7-18)16-22-12-14-24-15-13-22/h3-11,20,23H,12-16H2,1-2H3/t20-,21-/m0/s1. The molecular weight excluding hydrogens is 298 g/mol. The SMILES string of the molecule is Cc1ccc([C@](C)(O)[C@@H](CN2CCOCC2)c2ccccc2)cc1. The first-order valence-electron chi connectivity index (χ1n) is 8.72. The Hall–Kier alpha value is -1.68. The Labute approximate surface area is 144 Å². The van der Waals surface area contributed by atoms with E-state index in [1.54, 1.807) is 0 Å². The van der Waals surface area contributed by atoms with Crippen molar-refractivity contribution >= 4 is 0 Å². The van der Waals surface area contributed by atoms with Gasteiger partial charge in [0, 0.05) is 25.6 Å². The molecule has 2 aromatic rings. The van der Waals surface area contributed by atoms with Gasteiger partial charge in [-0.1, -0.05) is 60.2 Å². The van der Waals surface area contributed by atoms with Crippen LogP contribution in [0.25, 0.3) is 0 Å². The smallest absolute Gasteiger partial charge is 0.0949 e. The molecule has 3 nitrogen and oxygen atoms in total. The summed E-state index contributed by atoms with van der Waals surface area (Å²) in [6.45, 7) is 8.23. The summed E-state index contributed by atoms with van der Waals surface area (Å²) in [7, 11) is 0. The van der Waals surface area contributed by atoms with Gasteiger partial charge in [0.2, 0.25) is 0 Å². The van der Waals surface area contributed by atoms with Crippen molar-refractivity contribution in [2.24, 2.45) is 0 Å². The van der Waals surface area contributed by atoms with E-state index >= 15 is 0 Å². The second kappa shape index (κ2) is 7.47. The molecule has 0 unspecified atom stereocenters. The summed E-state index contributed by atoms with van der Waals surface area (Å²) in [5.41, 5.74) is 2.43. The van der Waals surface area contributed by atoms with Crippen molar-refractivity contribution in [1.29, 1.82) is 0 Å². The van der Waals surface area contributed by atoms with E-state index in [1.165, 1.54) is 11.1 Å². The fourth-order valence-corrected chi connectivity index (χ4v) is 3.43. The molecule has 1 N–H and O–H groups in total. The van der Waals surface area contributed by atoms with Crippen molar-refractivity contribution in [2.75, 3.05) is 32.8 Å². The molecule has 3 heteroatoms. The minimum Gasteiger partial charge on any atom is -0.385 e. The summed E-state index contributed by atoms with van der Waals surface area (Å²) in [5.74, 6) is 0.0134. The van der Waals surface area contributed by atoms with Crippen LogP contribution in [-0.2, 0) is 10.3 Å². The first-order valence-corrected chi connectivity index (χ1v) is 8.72. The number of aryl methyl sites for hydroxylation is 1. The highest BCUT2D eigenvalue weighted by Crippen LogP contribution is 2.37. The van der Waals surface area contributed by atoms with Crippen LogP contribution in [0.15, 0.2) is 54.6 Å². The maximum Gasteiger partial charge on any atom is 0.0949 e. The van der Waals surface area contributed by atoms with Crippen LogP contribution in [0.4, 0.5) is 0 Å². The Bertz CT molecular complexity index is 631. The molecule has 1 aliphatic heterocycles. The number of hydrogen-bond donors (Lipinski definition) is 1. The zero-order valence-corrected chi connectivity index (χ0v) is 14.6. The molecule has 1 heterocycles. The summed E-state index contributed by atoms with van der Waals surface area (Å²) >= 11 is 0. The monoisotopic (exact) mass is 325 g/mol. The minimum atomic E-state index is -0.923. The molecule has 0 spiro atoms. The summed E-state index contributed by atoms with van der Waals surface area (Å²) < 4.78 is 5.47. The van der Waals surface area contributed by atoms with Crippen molar-refractivity contribution in [3.05, 3.63) is 71.3 Å². The Kier molecular flexibility index (Phi) is 5.34. The van der Waals surface area contributed by atoms with Crippen LogP contribution in [0.5, 0.6) is 0 Å². The minimum absolute atomic E-state index is 0.0134. The number of aliphatic hydroxyl groups is 1. The number of morpholine rings is 1. The fourth-order valence-electron chi connectivity index (χ4n) is 3.43. The van der Waals surface area contributed by atoms with Crippen LogP contribution in [0.1, 0.15) is 29.5 Å². The topological polar surface area (TPSA) is 32.7 Å². The molecule has 2 aromatic carbocycles. The molecule has 24 heavy (non-hydrogen) atoms. The third-order valence-corrected chi connectivity index (χ3v) is 5.06. The lowest BCUT2D eigenvalue weighted by atomic mass is 9.78. The zero-order chi connectivity index (χ0) is 17.0. The number of hydrogen-bond acceptors (Lipinski definition) is 3. The molecule has 2 atom stereocenters. The third-order valence-electron chi connectivity index (χ3n) is 5.06. The summed E-state index contributed by atoms with van der Waals surface area (Å²) in [6, 6.07) is 18.6. The number of rotatable bonds is 5. The van der Waals surface area contributed by atoms with E-state index in [4.69, 9.17) is 4.74 Å². The van der Waals surface area contributed by atoms with E-state index in [-0.39, 0.29) is 5.92 Å². The molecule has 1 saturated heterocycles. The van der Waals surface area contributed by atoms with Gasteiger partial charge in [-0.15, -0.1) is 0 Å². The number of benzene rings is 2. The van der Waals surface area contributed by atoms with Crippen LogP contribution in [0, 0.1) is 6.92 Å². The molecule has 128 valence electrons. The Morgan fingerprint density at radius 3 is 2.29 bits per heavy atom. The lowest BCUT2D eigenvalue weighted by Crippen LogP contribution is -2.43. The van der Waals surface area contributed by atoms with Crippen molar-refractivity contribution in [3.63, 3.8) is 0 Å². The van der Waals surface area contributed by atoms with Gasteiger partial charge >= 0.3 is 0 Å². The van der Waals surface area contributed by atoms with E-state index in [1.807, 2.05) is 37.3 Å². The highest BCUT2D eigenvalue weighted by Gasteiger charge is 2.36. The molecule has 3 rings (SSSR count). The second-order valence-corrected chi connectivity index (χ2v) is 6.89. The van der Waals surface area contributed by atoms with Crippen molar-refractivity contribution in [3.8, 4) is 0 Å². The van der Waals surface area contributed by atoms with Crippen LogP contribution in [0.3, 0.4) is 0 Å². The average molecular weight is 325 g/mol. The van der Waals surface area contributed by atoms with E-state index in [0.717, 1.165) is 38.4 Å². The van der Waals surface area contributed by atoms with Crippen molar-refractivity contribution < 1.29 is 9.84 Å². The largest absolute Gasteiger partial charge is 0.385 e. The highest BCUT2D eigenvalue weighted by atomic mass is 16.5. The Balaban J connectivity index is 1.91. The van der Waals surface area contributed by atoms with Gasteiger partial charge in [-0.2, -0.15) is 0 Å². The molecule has 1 aliphatic rings. The maximum absolute atomic E-state index is 11.5. The highest BCUT2D eigenvalue weighted by molar-refractivity contribution is 5.32. The average Bonchev–Trinajstić information content (AvgIpc) is 2.61. The molecule has 0 amide bonds. The van der Waals surface area contributed by atoms with Crippen LogP contribution in [0.2, 0.25) is 0 Å². The first kappa shape index (κ1) is 17.2. The van der Waals surface area contributed by atoms with Gasteiger partial charge in [0.1, 0.15) is 0 Å².